The highest BCUT2D eigenvalue weighted by Crippen LogP contribution is 2.40. The third kappa shape index (κ3) is 2.40. The maximum atomic E-state index is 6.35. The largest absolute Gasteiger partial charge is 0.384 e. The van der Waals surface area contributed by atoms with Crippen molar-refractivity contribution in [3.63, 3.8) is 0 Å². The maximum Gasteiger partial charge on any atom is 0.127 e. The van der Waals surface area contributed by atoms with E-state index in [4.69, 9.17) is 10.7 Å². The zero-order valence-electron chi connectivity index (χ0n) is 12.3. The lowest BCUT2D eigenvalue weighted by atomic mass is 9.83. The maximum absolute atomic E-state index is 6.35. The van der Waals surface area contributed by atoms with Crippen molar-refractivity contribution in [1.29, 1.82) is 0 Å². The lowest BCUT2D eigenvalue weighted by Crippen LogP contribution is -2.20. The molecule has 2 rings (SSSR count). The van der Waals surface area contributed by atoms with Crippen LogP contribution in [0.4, 0.5) is 5.82 Å². The summed E-state index contributed by atoms with van der Waals surface area (Å²) in [6.45, 7) is 9.90. The van der Waals surface area contributed by atoms with Crippen LogP contribution in [0, 0.1) is 0 Å². The van der Waals surface area contributed by atoms with Gasteiger partial charge in [0, 0.05) is 17.9 Å². The Bertz CT molecular complexity index is 408. The van der Waals surface area contributed by atoms with Crippen LogP contribution in [-0.4, -0.2) is 9.55 Å². The van der Waals surface area contributed by atoms with E-state index in [-0.39, 0.29) is 5.41 Å². The second-order valence-electron chi connectivity index (χ2n) is 6.59. The van der Waals surface area contributed by atoms with E-state index in [0.29, 0.717) is 5.92 Å². The topological polar surface area (TPSA) is 43.8 Å². The molecule has 102 valence electrons. The summed E-state index contributed by atoms with van der Waals surface area (Å²) in [5, 5.41) is 0. The van der Waals surface area contributed by atoms with Crippen molar-refractivity contribution < 1.29 is 0 Å². The molecule has 1 aliphatic rings. The molecule has 1 aliphatic carbocycles. The van der Waals surface area contributed by atoms with Crippen molar-refractivity contribution in [3.05, 3.63) is 11.5 Å². The number of anilines is 1. The van der Waals surface area contributed by atoms with E-state index in [1.165, 1.54) is 37.8 Å². The molecule has 18 heavy (non-hydrogen) atoms. The van der Waals surface area contributed by atoms with Crippen molar-refractivity contribution in [3.8, 4) is 0 Å². The Hall–Kier alpha value is -0.990. The first-order chi connectivity index (χ1) is 8.45. The van der Waals surface area contributed by atoms with Crippen LogP contribution in [0.25, 0.3) is 0 Å². The van der Waals surface area contributed by atoms with Gasteiger partial charge in [0.05, 0.1) is 5.69 Å². The lowest BCUT2D eigenvalue weighted by molar-refractivity contribution is 0.411. The van der Waals surface area contributed by atoms with E-state index in [0.717, 1.165) is 18.2 Å². The van der Waals surface area contributed by atoms with Crippen LogP contribution in [0.15, 0.2) is 0 Å². The Kier molecular flexibility index (Phi) is 3.69. The molecule has 1 saturated carbocycles. The third-order valence-corrected chi connectivity index (χ3v) is 3.93. The fourth-order valence-electron chi connectivity index (χ4n) is 2.58. The van der Waals surface area contributed by atoms with Gasteiger partial charge in [0.15, 0.2) is 0 Å². The molecule has 1 aromatic heterocycles. The number of unbranched alkanes of at least 4 members (excludes halogenated alkanes) is 1. The van der Waals surface area contributed by atoms with Gasteiger partial charge >= 0.3 is 0 Å². The average molecular weight is 249 g/mol. The summed E-state index contributed by atoms with van der Waals surface area (Å²) in [6, 6.07) is 0. The number of rotatable bonds is 4. The first-order valence-corrected chi connectivity index (χ1v) is 7.31. The van der Waals surface area contributed by atoms with Crippen LogP contribution < -0.4 is 5.73 Å². The Morgan fingerprint density at radius 1 is 1.33 bits per heavy atom. The molecule has 1 aromatic rings. The predicted octanol–water partition coefficient (Wildman–Crippen LogP) is 3.83. The molecular formula is C15H27N3. The summed E-state index contributed by atoms with van der Waals surface area (Å²) in [7, 11) is 0. The Balaban J connectivity index is 2.36. The molecular weight excluding hydrogens is 222 g/mol. The number of hydrogen-bond acceptors (Lipinski definition) is 2. The van der Waals surface area contributed by atoms with Crippen molar-refractivity contribution in [1.82, 2.24) is 9.55 Å². The molecule has 0 aromatic carbocycles. The minimum Gasteiger partial charge on any atom is -0.384 e. The summed E-state index contributed by atoms with van der Waals surface area (Å²) >= 11 is 0. The molecule has 0 amide bonds. The van der Waals surface area contributed by atoms with E-state index in [1.54, 1.807) is 0 Å². The monoisotopic (exact) mass is 249 g/mol. The fraction of sp³-hybridized carbons (Fsp3) is 0.800. The van der Waals surface area contributed by atoms with Gasteiger partial charge in [-0.3, -0.25) is 0 Å². The van der Waals surface area contributed by atoms with E-state index >= 15 is 0 Å². The Labute approximate surface area is 111 Å². The molecule has 0 unspecified atom stereocenters. The van der Waals surface area contributed by atoms with Gasteiger partial charge in [-0.25, -0.2) is 4.98 Å². The normalized spacial score (nSPS) is 16.9. The standard InChI is InChI=1S/C15H27N3/c1-5-6-10-18-13(16)12(11-8-7-9-11)17-14(18)15(2,3)4/h11H,5-10,16H2,1-4H3. The summed E-state index contributed by atoms with van der Waals surface area (Å²) in [5.74, 6) is 2.71. The van der Waals surface area contributed by atoms with Gasteiger partial charge in [0.2, 0.25) is 0 Å². The number of nitrogens with two attached hydrogens (primary N) is 1. The molecule has 0 saturated heterocycles. The minimum atomic E-state index is 0.0733. The fourth-order valence-corrected chi connectivity index (χ4v) is 2.58. The second-order valence-corrected chi connectivity index (χ2v) is 6.59. The number of nitrogen functional groups attached to an aromatic ring is 1. The molecule has 1 heterocycles. The summed E-state index contributed by atoms with van der Waals surface area (Å²) in [6.07, 6.45) is 6.22. The highest BCUT2D eigenvalue weighted by atomic mass is 15.2. The third-order valence-electron chi connectivity index (χ3n) is 3.93. The smallest absolute Gasteiger partial charge is 0.127 e. The van der Waals surface area contributed by atoms with Crippen LogP contribution in [0.2, 0.25) is 0 Å². The van der Waals surface area contributed by atoms with Gasteiger partial charge in [-0.05, 0) is 19.3 Å². The van der Waals surface area contributed by atoms with Crippen LogP contribution in [0.3, 0.4) is 0 Å². The molecule has 1 fully saturated rings. The molecule has 0 radical (unpaired) electrons. The quantitative estimate of drug-likeness (QED) is 0.881. The zero-order valence-corrected chi connectivity index (χ0v) is 12.3. The van der Waals surface area contributed by atoms with Gasteiger partial charge in [-0.1, -0.05) is 40.5 Å². The summed E-state index contributed by atoms with van der Waals surface area (Å²) in [5.41, 5.74) is 7.59. The first kappa shape index (κ1) is 13.4. The van der Waals surface area contributed by atoms with Gasteiger partial charge in [-0.15, -0.1) is 0 Å². The number of nitrogens with zero attached hydrogens (tertiary/aromatic N) is 2. The zero-order chi connectivity index (χ0) is 13.3. The van der Waals surface area contributed by atoms with E-state index in [1.807, 2.05) is 0 Å². The average Bonchev–Trinajstić information content (AvgIpc) is 2.51. The number of hydrogen-bond donors (Lipinski definition) is 1. The van der Waals surface area contributed by atoms with E-state index in [2.05, 4.69) is 32.3 Å². The minimum absolute atomic E-state index is 0.0733. The van der Waals surface area contributed by atoms with Crippen LogP contribution in [-0.2, 0) is 12.0 Å². The highest BCUT2D eigenvalue weighted by molar-refractivity contribution is 5.42. The van der Waals surface area contributed by atoms with Crippen LogP contribution >= 0.6 is 0 Å². The number of aromatic nitrogens is 2. The predicted molar refractivity (Wildman–Crippen MR) is 76.8 cm³/mol. The van der Waals surface area contributed by atoms with Crippen LogP contribution in [0.5, 0.6) is 0 Å². The highest BCUT2D eigenvalue weighted by Gasteiger charge is 2.30. The Morgan fingerprint density at radius 2 is 2.00 bits per heavy atom. The van der Waals surface area contributed by atoms with Crippen molar-refractivity contribution in [2.75, 3.05) is 5.73 Å². The van der Waals surface area contributed by atoms with Gasteiger partial charge < -0.3 is 10.3 Å². The second kappa shape index (κ2) is 4.94. The van der Waals surface area contributed by atoms with Gasteiger partial charge in [0.25, 0.3) is 0 Å². The molecule has 0 aliphatic heterocycles. The molecule has 0 atom stereocenters. The van der Waals surface area contributed by atoms with Crippen LogP contribution in [0.1, 0.15) is 77.2 Å². The molecule has 3 nitrogen and oxygen atoms in total. The summed E-state index contributed by atoms with van der Waals surface area (Å²) < 4.78 is 2.26. The molecule has 3 heteroatoms. The van der Waals surface area contributed by atoms with E-state index in [9.17, 15) is 0 Å². The van der Waals surface area contributed by atoms with Gasteiger partial charge in [-0.2, -0.15) is 0 Å². The molecule has 2 N–H and O–H groups in total. The van der Waals surface area contributed by atoms with Crippen molar-refractivity contribution in [2.24, 2.45) is 0 Å². The first-order valence-electron chi connectivity index (χ1n) is 7.31. The molecule has 0 bridgehead atoms. The number of imidazole rings is 1. The lowest BCUT2D eigenvalue weighted by Gasteiger charge is -2.24. The van der Waals surface area contributed by atoms with Gasteiger partial charge in [0.1, 0.15) is 11.6 Å². The van der Waals surface area contributed by atoms with E-state index < -0.39 is 0 Å². The Morgan fingerprint density at radius 3 is 2.44 bits per heavy atom. The summed E-state index contributed by atoms with van der Waals surface area (Å²) in [4.78, 5) is 4.89. The SMILES string of the molecule is CCCCn1c(C(C)(C)C)nc(C2CCC2)c1N. The molecule has 0 spiro atoms. The van der Waals surface area contributed by atoms with Crippen molar-refractivity contribution in [2.45, 2.75) is 77.7 Å². The van der Waals surface area contributed by atoms with Crippen molar-refractivity contribution >= 4 is 5.82 Å².